The van der Waals surface area contributed by atoms with Gasteiger partial charge in [0.1, 0.15) is 16.8 Å². The Kier molecular flexibility index (Phi) is 5.32. The van der Waals surface area contributed by atoms with Gasteiger partial charge in [-0.05, 0) is 52.3 Å². The van der Waals surface area contributed by atoms with Gasteiger partial charge in [0.05, 0.1) is 17.9 Å². The monoisotopic (exact) mass is 378 g/mol. The summed E-state index contributed by atoms with van der Waals surface area (Å²) >= 11 is 0. The number of hydrogen-bond donors (Lipinski definition) is 0. The van der Waals surface area contributed by atoms with Crippen LogP contribution in [0.3, 0.4) is 0 Å². The molecule has 0 unspecified atom stereocenters. The minimum Gasteiger partial charge on any atom is -0.493 e. The summed E-state index contributed by atoms with van der Waals surface area (Å²) in [4.78, 5) is 13.3. The molecule has 1 heterocycles. The molecule has 1 aromatic heterocycles. The zero-order valence-electron chi connectivity index (χ0n) is 17.1. The second-order valence-corrected chi connectivity index (χ2v) is 7.58. The van der Waals surface area contributed by atoms with Crippen molar-refractivity contribution in [2.24, 2.45) is 0 Å². The van der Waals surface area contributed by atoms with Gasteiger partial charge in [-0.25, -0.2) is 0 Å². The van der Waals surface area contributed by atoms with Crippen molar-refractivity contribution in [3.05, 3.63) is 70.4 Å². The molecule has 0 spiro atoms. The highest BCUT2D eigenvalue weighted by atomic mass is 16.5. The van der Waals surface area contributed by atoms with Crippen LogP contribution < -0.4 is 14.9 Å². The van der Waals surface area contributed by atoms with E-state index in [1.165, 1.54) is 0 Å². The number of benzene rings is 2. The molecule has 0 atom stereocenters. The van der Waals surface area contributed by atoms with Gasteiger partial charge in [0, 0.05) is 11.6 Å². The van der Waals surface area contributed by atoms with Gasteiger partial charge in [-0.1, -0.05) is 30.4 Å². The van der Waals surface area contributed by atoms with Crippen LogP contribution in [0.2, 0.25) is 0 Å². The second kappa shape index (κ2) is 7.55. The van der Waals surface area contributed by atoms with Crippen LogP contribution in [0.4, 0.5) is 0 Å². The summed E-state index contributed by atoms with van der Waals surface area (Å²) in [5.74, 6) is 1.07. The van der Waals surface area contributed by atoms with E-state index in [9.17, 15) is 4.79 Å². The summed E-state index contributed by atoms with van der Waals surface area (Å²) in [6, 6.07) is 8.99. The van der Waals surface area contributed by atoms with Crippen molar-refractivity contribution in [2.75, 3.05) is 7.11 Å². The third-order valence-corrected chi connectivity index (χ3v) is 4.68. The van der Waals surface area contributed by atoms with Gasteiger partial charge in [0.15, 0.2) is 11.5 Å². The largest absolute Gasteiger partial charge is 0.493 e. The SMILES string of the molecule is C=CC(C)(C)Oc1c(OC)cc2oc3ccccc3c(=O)c2c1CC=C(C)C. The predicted octanol–water partition coefficient (Wildman–Crippen LogP) is 5.81. The summed E-state index contributed by atoms with van der Waals surface area (Å²) in [7, 11) is 1.58. The number of rotatable bonds is 6. The average Bonchev–Trinajstić information content (AvgIpc) is 2.66. The molecule has 2 aromatic carbocycles. The summed E-state index contributed by atoms with van der Waals surface area (Å²) in [6.07, 6.45) is 4.32. The fourth-order valence-electron chi connectivity index (χ4n) is 3.06. The Morgan fingerprint density at radius 3 is 2.57 bits per heavy atom. The fourth-order valence-corrected chi connectivity index (χ4v) is 3.06. The Labute approximate surface area is 165 Å². The number of ether oxygens (including phenoxy) is 2. The lowest BCUT2D eigenvalue weighted by molar-refractivity contribution is 0.154. The van der Waals surface area contributed by atoms with Crippen LogP contribution in [0, 0.1) is 0 Å². The molecular formula is C24H26O4. The van der Waals surface area contributed by atoms with E-state index < -0.39 is 5.60 Å². The first-order valence-corrected chi connectivity index (χ1v) is 9.29. The van der Waals surface area contributed by atoms with Crippen LogP contribution in [0.25, 0.3) is 21.9 Å². The first kappa shape index (κ1) is 19.7. The topological polar surface area (TPSA) is 48.7 Å². The molecule has 0 aliphatic carbocycles. The van der Waals surface area contributed by atoms with Gasteiger partial charge in [-0.2, -0.15) is 0 Å². The van der Waals surface area contributed by atoms with Crippen molar-refractivity contribution in [1.29, 1.82) is 0 Å². The quantitative estimate of drug-likeness (QED) is 0.401. The molecule has 146 valence electrons. The summed E-state index contributed by atoms with van der Waals surface area (Å²) in [6.45, 7) is 11.7. The van der Waals surface area contributed by atoms with Crippen molar-refractivity contribution in [2.45, 2.75) is 39.7 Å². The smallest absolute Gasteiger partial charge is 0.200 e. The summed E-state index contributed by atoms with van der Waals surface area (Å²) < 4.78 is 17.9. The van der Waals surface area contributed by atoms with Crippen LogP contribution in [-0.4, -0.2) is 12.7 Å². The van der Waals surface area contributed by atoms with Gasteiger partial charge in [0.25, 0.3) is 0 Å². The van der Waals surface area contributed by atoms with Crippen molar-refractivity contribution in [3.8, 4) is 11.5 Å². The lowest BCUT2D eigenvalue weighted by atomic mass is 10.00. The lowest BCUT2D eigenvalue weighted by Crippen LogP contribution is -2.26. The van der Waals surface area contributed by atoms with E-state index in [2.05, 4.69) is 12.7 Å². The fraction of sp³-hybridized carbons (Fsp3) is 0.292. The molecule has 3 rings (SSSR count). The highest BCUT2D eigenvalue weighted by Gasteiger charge is 2.25. The van der Waals surface area contributed by atoms with Crippen LogP contribution in [-0.2, 0) is 6.42 Å². The van der Waals surface area contributed by atoms with Crippen molar-refractivity contribution in [1.82, 2.24) is 0 Å². The maximum Gasteiger partial charge on any atom is 0.200 e. The number of methoxy groups -OCH3 is 1. The molecular weight excluding hydrogens is 352 g/mol. The zero-order chi connectivity index (χ0) is 20.5. The first-order valence-electron chi connectivity index (χ1n) is 9.29. The molecule has 0 amide bonds. The molecule has 0 aliphatic heterocycles. The summed E-state index contributed by atoms with van der Waals surface area (Å²) in [5.41, 5.74) is 2.24. The Morgan fingerprint density at radius 1 is 1.21 bits per heavy atom. The van der Waals surface area contributed by atoms with E-state index in [4.69, 9.17) is 13.9 Å². The minimum absolute atomic E-state index is 0.0714. The van der Waals surface area contributed by atoms with Crippen molar-refractivity contribution >= 4 is 21.9 Å². The molecule has 0 fully saturated rings. The standard InChI is InChI=1S/C24H26O4/c1-7-24(4,5)28-23-17(13-12-15(2)3)21-19(14-20(23)26-6)27-18-11-9-8-10-16(18)22(21)25/h7-12,14H,1,13H2,2-6H3. The molecule has 3 aromatic rings. The molecule has 0 N–H and O–H groups in total. The first-order chi connectivity index (χ1) is 13.3. The van der Waals surface area contributed by atoms with E-state index in [1.54, 1.807) is 31.4 Å². The third-order valence-electron chi connectivity index (χ3n) is 4.68. The molecule has 0 bridgehead atoms. The Balaban J connectivity index is 2.45. The van der Waals surface area contributed by atoms with E-state index in [1.807, 2.05) is 39.8 Å². The molecule has 28 heavy (non-hydrogen) atoms. The molecule has 4 heteroatoms. The number of allylic oxidation sites excluding steroid dienone is 2. The molecule has 0 aliphatic rings. The Morgan fingerprint density at radius 2 is 1.93 bits per heavy atom. The van der Waals surface area contributed by atoms with Gasteiger partial charge in [-0.15, -0.1) is 0 Å². The van der Waals surface area contributed by atoms with Gasteiger partial charge in [-0.3, -0.25) is 4.79 Å². The average molecular weight is 378 g/mol. The highest BCUT2D eigenvalue weighted by Crippen LogP contribution is 2.40. The molecule has 0 radical (unpaired) electrons. The molecule has 4 nitrogen and oxygen atoms in total. The van der Waals surface area contributed by atoms with Crippen LogP contribution in [0.15, 0.2) is 63.8 Å². The van der Waals surface area contributed by atoms with Crippen LogP contribution >= 0.6 is 0 Å². The highest BCUT2D eigenvalue weighted by molar-refractivity contribution is 5.94. The van der Waals surface area contributed by atoms with Crippen LogP contribution in [0.5, 0.6) is 11.5 Å². The normalized spacial score (nSPS) is 11.5. The second-order valence-electron chi connectivity index (χ2n) is 7.58. The van der Waals surface area contributed by atoms with E-state index >= 15 is 0 Å². The van der Waals surface area contributed by atoms with E-state index in [0.29, 0.717) is 39.9 Å². The van der Waals surface area contributed by atoms with Crippen molar-refractivity contribution in [3.63, 3.8) is 0 Å². The Hall–Kier alpha value is -3.01. The van der Waals surface area contributed by atoms with E-state index in [-0.39, 0.29) is 5.43 Å². The maximum atomic E-state index is 13.3. The maximum absolute atomic E-state index is 13.3. The predicted molar refractivity (Wildman–Crippen MR) is 115 cm³/mol. The van der Waals surface area contributed by atoms with Gasteiger partial charge < -0.3 is 13.9 Å². The third kappa shape index (κ3) is 3.68. The van der Waals surface area contributed by atoms with Gasteiger partial charge in [0.2, 0.25) is 5.43 Å². The van der Waals surface area contributed by atoms with E-state index in [0.717, 1.165) is 11.1 Å². The van der Waals surface area contributed by atoms with Crippen molar-refractivity contribution < 1.29 is 13.9 Å². The van der Waals surface area contributed by atoms with Gasteiger partial charge >= 0.3 is 0 Å². The summed E-state index contributed by atoms with van der Waals surface area (Å²) in [5, 5.41) is 1.07. The Bertz CT molecular complexity index is 1130. The number of fused-ring (bicyclic) bond motifs is 2. The molecule has 0 saturated carbocycles. The van der Waals surface area contributed by atoms with Crippen LogP contribution in [0.1, 0.15) is 33.3 Å². The number of hydrogen-bond acceptors (Lipinski definition) is 4. The minimum atomic E-state index is -0.627. The number of para-hydroxylation sites is 1. The zero-order valence-corrected chi connectivity index (χ0v) is 17.1. The lowest BCUT2D eigenvalue weighted by Gasteiger charge is -2.26. The molecule has 0 saturated heterocycles.